The van der Waals surface area contributed by atoms with Crippen LogP contribution < -0.4 is 10.6 Å². The lowest BCUT2D eigenvalue weighted by molar-refractivity contribution is -0.137. The van der Waals surface area contributed by atoms with Crippen LogP contribution in [0.15, 0.2) is 18.5 Å². The molecule has 0 aromatic carbocycles. The molecule has 1 unspecified atom stereocenters. The van der Waals surface area contributed by atoms with E-state index >= 15 is 0 Å². The molecule has 1 aliphatic heterocycles. The summed E-state index contributed by atoms with van der Waals surface area (Å²) < 4.78 is 42.1. The van der Waals surface area contributed by atoms with E-state index in [9.17, 15) is 18.0 Å². The van der Waals surface area contributed by atoms with Crippen LogP contribution in [0.3, 0.4) is 0 Å². The van der Waals surface area contributed by atoms with Crippen molar-refractivity contribution in [2.24, 2.45) is 7.05 Å². The summed E-state index contributed by atoms with van der Waals surface area (Å²) in [5.41, 5.74) is -0.693. The minimum atomic E-state index is -4.61. The van der Waals surface area contributed by atoms with Gasteiger partial charge in [0.05, 0.1) is 5.69 Å². The van der Waals surface area contributed by atoms with Crippen LogP contribution in [0.1, 0.15) is 28.9 Å². The van der Waals surface area contributed by atoms with Gasteiger partial charge in [0.25, 0.3) is 5.91 Å². The van der Waals surface area contributed by atoms with E-state index in [2.05, 4.69) is 20.6 Å². The van der Waals surface area contributed by atoms with Crippen molar-refractivity contribution >= 4 is 11.9 Å². The number of aryl methyl sites for hydroxylation is 1. The second kappa shape index (κ2) is 7.78. The van der Waals surface area contributed by atoms with Crippen LogP contribution in [-0.2, 0) is 13.2 Å². The number of anilines is 1. The van der Waals surface area contributed by atoms with Gasteiger partial charge in [0.15, 0.2) is 0 Å². The average Bonchev–Trinajstić information content (AvgIpc) is 3.02. The molecule has 1 aliphatic rings. The van der Waals surface area contributed by atoms with Crippen molar-refractivity contribution in [2.75, 3.05) is 32.5 Å². The number of rotatable bonds is 4. The van der Waals surface area contributed by atoms with E-state index in [0.717, 1.165) is 25.6 Å². The van der Waals surface area contributed by atoms with Crippen LogP contribution in [0, 0.1) is 0 Å². The van der Waals surface area contributed by atoms with Crippen molar-refractivity contribution in [3.63, 3.8) is 0 Å². The van der Waals surface area contributed by atoms with E-state index in [0.29, 0.717) is 6.54 Å². The number of amides is 1. The number of halogens is 3. The Morgan fingerprint density at radius 3 is 2.75 bits per heavy atom. The lowest BCUT2D eigenvalue weighted by Crippen LogP contribution is -2.38. The number of alkyl halides is 3. The third kappa shape index (κ3) is 4.27. The Labute approximate surface area is 161 Å². The molecule has 1 atom stereocenters. The van der Waals surface area contributed by atoms with Crippen LogP contribution in [-0.4, -0.2) is 58.6 Å². The molecule has 0 saturated carbocycles. The molecule has 0 radical (unpaired) electrons. The molecule has 1 saturated heterocycles. The van der Waals surface area contributed by atoms with Gasteiger partial charge < -0.3 is 20.1 Å². The third-order valence-electron chi connectivity index (χ3n) is 4.63. The summed E-state index contributed by atoms with van der Waals surface area (Å²) in [4.78, 5) is 21.6. The van der Waals surface area contributed by atoms with Gasteiger partial charge >= 0.3 is 6.18 Å². The standard InChI is InChI=1S/C18H23F3N6O/c1-26(2)16(28)14-7-11(10-27(14)3)15-13(18(19,20)21)9-23-17(25-15)24-12-5-4-6-22-8-12/h7,9-10,12,22H,4-6,8H2,1-3H3,(H,23,24,25). The normalized spacial score (nSPS) is 17.4. The van der Waals surface area contributed by atoms with Gasteiger partial charge in [-0.1, -0.05) is 0 Å². The van der Waals surface area contributed by atoms with Crippen molar-refractivity contribution in [3.05, 3.63) is 29.7 Å². The zero-order valence-corrected chi connectivity index (χ0v) is 16.0. The van der Waals surface area contributed by atoms with Gasteiger partial charge in [0, 0.05) is 51.7 Å². The molecule has 0 aliphatic carbocycles. The Bertz CT molecular complexity index is 855. The smallest absolute Gasteiger partial charge is 0.350 e. The largest absolute Gasteiger partial charge is 0.419 e. The van der Waals surface area contributed by atoms with E-state index in [1.807, 2.05) is 0 Å². The number of nitrogens with one attached hydrogen (secondary N) is 2. The van der Waals surface area contributed by atoms with Crippen molar-refractivity contribution in [1.29, 1.82) is 0 Å². The number of carbonyl (C=O) groups is 1. The van der Waals surface area contributed by atoms with Crippen LogP contribution >= 0.6 is 0 Å². The summed E-state index contributed by atoms with van der Waals surface area (Å²) in [6.45, 7) is 1.62. The molecule has 2 aromatic rings. The van der Waals surface area contributed by atoms with Crippen LogP contribution in [0.25, 0.3) is 11.3 Å². The Kier molecular flexibility index (Phi) is 5.59. The first kappa shape index (κ1) is 20.1. The highest BCUT2D eigenvalue weighted by Crippen LogP contribution is 2.36. The molecule has 0 bridgehead atoms. The van der Waals surface area contributed by atoms with Gasteiger partial charge in [0.2, 0.25) is 5.95 Å². The van der Waals surface area contributed by atoms with Gasteiger partial charge in [-0.2, -0.15) is 13.2 Å². The maximum atomic E-state index is 13.5. The molecular weight excluding hydrogens is 373 g/mol. The lowest BCUT2D eigenvalue weighted by Gasteiger charge is -2.24. The highest BCUT2D eigenvalue weighted by atomic mass is 19.4. The summed E-state index contributed by atoms with van der Waals surface area (Å²) in [6.07, 6.45) is -0.483. The summed E-state index contributed by atoms with van der Waals surface area (Å²) >= 11 is 0. The number of aromatic nitrogens is 3. The Morgan fingerprint density at radius 2 is 2.14 bits per heavy atom. The van der Waals surface area contributed by atoms with Crippen LogP contribution in [0.2, 0.25) is 0 Å². The van der Waals surface area contributed by atoms with E-state index in [1.165, 1.54) is 21.7 Å². The number of carbonyl (C=O) groups excluding carboxylic acids is 1. The highest BCUT2D eigenvalue weighted by Gasteiger charge is 2.36. The summed E-state index contributed by atoms with van der Waals surface area (Å²) in [7, 11) is 4.78. The predicted octanol–water partition coefficient (Wildman–Crippen LogP) is 2.37. The second-order valence-corrected chi connectivity index (χ2v) is 7.07. The lowest BCUT2D eigenvalue weighted by atomic mass is 10.1. The summed E-state index contributed by atoms with van der Waals surface area (Å²) in [5.74, 6) is -0.163. The minimum absolute atomic E-state index is 0.0555. The SMILES string of the molecule is CN(C)C(=O)c1cc(-c2nc(NC3CCCNC3)ncc2C(F)(F)F)cn1C. The van der Waals surface area contributed by atoms with Gasteiger partial charge in [0.1, 0.15) is 11.3 Å². The Morgan fingerprint density at radius 1 is 1.39 bits per heavy atom. The average molecular weight is 396 g/mol. The van der Waals surface area contributed by atoms with E-state index in [1.54, 1.807) is 21.1 Å². The molecule has 3 heterocycles. The minimum Gasteiger partial charge on any atom is -0.350 e. The van der Waals surface area contributed by atoms with Crippen molar-refractivity contribution in [3.8, 4) is 11.3 Å². The molecule has 3 rings (SSSR count). The maximum absolute atomic E-state index is 13.5. The van der Waals surface area contributed by atoms with E-state index < -0.39 is 11.7 Å². The van der Waals surface area contributed by atoms with E-state index in [-0.39, 0.29) is 34.8 Å². The molecular formula is C18H23F3N6O. The van der Waals surface area contributed by atoms with E-state index in [4.69, 9.17) is 0 Å². The highest BCUT2D eigenvalue weighted by molar-refractivity contribution is 5.94. The topological polar surface area (TPSA) is 75.1 Å². The van der Waals surface area contributed by atoms with Crippen LogP contribution in [0.4, 0.5) is 19.1 Å². The number of piperidine rings is 1. The number of hydrogen-bond acceptors (Lipinski definition) is 5. The Hall–Kier alpha value is -2.62. The molecule has 1 fully saturated rings. The van der Waals surface area contributed by atoms with Crippen LogP contribution in [0.5, 0.6) is 0 Å². The van der Waals surface area contributed by atoms with Crippen molar-refractivity contribution < 1.29 is 18.0 Å². The molecule has 0 spiro atoms. The first-order chi connectivity index (χ1) is 13.2. The first-order valence-electron chi connectivity index (χ1n) is 8.96. The van der Waals surface area contributed by atoms with Gasteiger partial charge in [-0.25, -0.2) is 9.97 Å². The monoisotopic (exact) mass is 396 g/mol. The molecule has 1 amide bonds. The molecule has 10 heteroatoms. The third-order valence-corrected chi connectivity index (χ3v) is 4.63. The number of hydrogen-bond donors (Lipinski definition) is 2. The molecule has 28 heavy (non-hydrogen) atoms. The zero-order chi connectivity index (χ0) is 20.5. The maximum Gasteiger partial charge on any atom is 0.419 e. The predicted molar refractivity (Wildman–Crippen MR) is 99.0 cm³/mol. The quantitative estimate of drug-likeness (QED) is 0.830. The van der Waals surface area contributed by atoms with Crippen molar-refractivity contribution in [2.45, 2.75) is 25.1 Å². The van der Waals surface area contributed by atoms with Gasteiger partial charge in [-0.05, 0) is 25.5 Å². The molecule has 2 N–H and O–H groups in total. The fourth-order valence-corrected chi connectivity index (χ4v) is 3.17. The van der Waals surface area contributed by atoms with Crippen molar-refractivity contribution in [1.82, 2.24) is 24.8 Å². The summed E-state index contributed by atoms with van der Waals surface area (Å²) in [5, 5.41) is 6.33. The number of nitrogens with zero attached hydrogens (tertiary/aromatic N) is 4. The summed E-state index contributed by atoms with van der Waals surface area (Å²) in [6, 6.07) is 1.48. The molecule has 2 aromatic heterocycles. The second-order valence-electron chi connectivity index (χ2n) is 7.07. The fourth-order valence-electron chi connectivity index (χ4n) is 3.17. The Balaban J connectivity index is 2.00. The first-order valence-corrected chi connectivity index (χ1v) is 8.96. The molecule has 152 valence electrons. The molecule has 7 nitrogen and oxygen atoms in total. The zero-order valence-electron chi connectivity index (χ0n) is 16.0. The fraction of sp³-hybridized carbons (Fsp3) is 0.500. The van der Waals surface area contributed by atoms with Gasteiger partial charge in [-0.3, -0.25) is 4.79 Å². The van der Waals surface area contributed by atoms with Gasteiger partial charge in [-0.15, -0.1) is 0 Å².